The largest absolute Gasteiger partial charge is 0.481 e. The molecule has 1 rings (SSSR count). The lowest BCUT2D eigenvalue weighted by atomic mass is 10.3. The molecule has 0 saturated carbocycles. The number of carbonyl (C=O) groups is 1. The van der Waals surface area contributed by atoms with Gasteiger partial charge in [0.05, 0.1) is 12.0 Å². The number of nitro groups is 1. The number of carboxylic acids is 1. The molecule has 0 bridgehead atoms. The van der Waals surface area contributed by atoms with E-state index in [2.05, 4.69) is 4.98 Å². The number of anilines is 1. The Kier molecular flexibility index (Phi) is 4.41. The van der Waals surface area contributed by atoms with Crippen LogP contribution in [-0.2, 0) is 4.79 Å². The van der Waals surface area contributed by atoms with E-state index in [0.29, 0.717) is 0 Å². The van der Waals surface area contributed by atoms with E-state index in [-0.39, 0.29) is 30.5 Å². The number of hydrogen-bond donors (Lipinski definition) is 1. The van der Waals surface area contributed by atoms with Crippen LogP contribution in [0.2, 0.25) is 0 Å². The van der Waals surface area contributed by atoms with Gasteiger partial charge < -0.3 is 14.7 Å². The summed E-state index contributed by atoms with van der Waals surface area (Å²) in [6, 6.07) is 2.60. The van der Waals surface area contributed by atoms with Crippen molar-refractivity contribution < 1.29 is 19.6 Å². The number of ether oxygens (including phenoxy) is 1. The fourth-order valence-corrected chi connectivity index (χ4v) is 1.41. The standard InChI is InChI=1S/C10H13N3O5/c1-3-12(6-9(14)15)10-7(13(16)17)4-5-8(11-10)18-2/h4-5H,3,6H2,1-2H3,(H,14,15). The molecule has 0 atom stereocenters. The van der Waals surface area contributed by atoms with Crippen LogP contribution in [0.25, 0.3) is 0 Å². The zero-order chi connectivity index (χ0) is 13.7. The summed E-state index contributed by atoms with van der Waals surface area (Å²) in [5, 5.41) is 19.6. The number of hydrogen-bond acceptors (Lipinski definition) is 6. The molecule has 8 heteroatoms. The molecule has 0 aromatic carbocycles. The second kappa shape index (κ2) is 5.80. The Labute approximate surface area is 103 Å². The molecule has 0 fully saturated rings. The first-order valence-corrected chi connectivity index (χ1v) is 5.15. The third kappa shape index (κ3) is 3.06. The van der Waals surface area contributed by atoms with Gasteiger partial charge in [-0.3, -0.25) is 14.9 Å². The summed E-state index contributed by atoms with van der Waals surface area (Å²) in [6.07, 6.45) is 0. The molecular weight excluding hydrogens is 242 g/mol. The van der Waals surface area contributed by atoms with Gasteiger partial charge in [-0.15, -0.1) is 0 Å². The van der Waals surface area contributed by atoms with Crippen LogP contribution in [0.3, 0.4) is 0 Å². The van der Waals surface area contributed by atoms with Crippen LogP contribution in [-0.4, -0.2) is 41.2 Å². The summed E-state index contributed by atoms with van der Waals surface area (Å²) in [5.74, 6) is -0.903. The zero-order valence-electron chi connectivity index (χ0n) is 9.99. The fourth-order valence-electron chi connectivity index (χ4n) is 1.41. The van der Waals surface area contributed by atoms with Crippen molar-refractivity contribution in [3.8, 4) is 5.88 Å². The molecule has 0 radical (unpaired) electrons. The summed E-state index contributed by atoms with van der Waals surface area (Å²) in [5.41, 5.74) is -0.251. The molecule has 18 heavy (non-hydrogen) atoms. The van der Waals surface area contributed by atoms with Gasteiger partial charge in [-0.2, -0.15) is 4.98 Å². The third-order valence-corrected chi connectivity index (χ3v) is 2.24. The highest BCUT2D eigenvalue weighted by molar-refractivity contribution is 5.75. The molecule has 0 aliphatic rings. The van der Waals surface area contributed by atoms with Crippen LogP contribution in [0.15, 0.2) is 12.1 Å². The number of rotatable bonds is 6. The van der Waals surface area contributed by atoms with Gasteiger partial charge in [0, 0.05) is 18.7 Å². The molecule has 1 N–H and O–H groups in total. The molecule has 0 amide bonds. The molecule has 98 valence electrons. The lowest BCUT2D eigenvalue weighted by molar-refractivity contribution is -0.384. The van der Waals surface area contributed by atoms with Crippen LogP contribution in [0, 0.1) is 10.1 Å². The third-order valence-electron chi connectivity index (χ3n) is 2.24. The molecule has 1 aromatic heterocycles. The number of aromatic nitrogens is 1. The summed E-state index contributed by atoms with van der Waals surface area (Å²) < 4.78 is 4.88. The first-order chi connectivity index (χ1) is 8.49. The molecule has 0 spiro atoms. The number of carboxylic acid groups (broad SMARTS) is 1. The number of aliphatic carboxylic acids is 1. The SMILES string of the molecule is CCN(CC(=O)O)c1nc(OC)ccc1[N+](=O)[O-]. The first-order valence-electron chi connectivity index (χ1n) is 5.15. The predicted molar refractivity (Wildman–Crippen MR) is 63.0 cm³/mol. The van der Waals surface area contributed by atoms with Crippen molar-refractivity contribution in [2.45, 2.75) is 6.92 Å². The van der Waals surface area contributed by atoms with Gasteiger partial charge in [-0.05, 0) is 6.92 Å². The minimum absolute atomic E-state index is 0.00995. The van der Waals surface area contributed by atoms with Gasteiger partial charge in [-0.25, -0.2) is 0 Å². The van der Waals surface area contributed by atoms with Gasteiger partial charge in [-0.1, -0.05) is 0 Å². The highest BCUT2D eigenvalue weighted by Crippen LogP contribution is 2.28. The van der Waals surface area contributed by atoms with Crippen LogP contribution < -0.4 is 9.64 Å². The van der Waals surface area contributed by atoms with Gasteiger partial charge in [0.25, 0.3) is 0 Å². The Balaban J connectivity index is 3.23. The average Bonchev–Trinajstić information content (AvgIpc) is 2.34. The summed E-state index contributed by atoms with van der Waals surface area (Å²) in [6.45, 7) is 1.61. The van der Waals surface area contributed by atoms with Crippen LogP contribution >= 0.6 is 0 Å². The van der Waals surface area contributed by atoms with Crippen LogP contribution in [0.1, 0.15) is 6.92 Å². The summed E-state index contributed by atoms with van der Waals surface area (Å²) in [7, 11) is 1.38. The Bertz CT molecular complexity index is 463. The van der Waals surface area contributed by atoms with E-state index in [4.69, 9.17) is 9.84 Å². The maximum atomic E-state index is 10.9. The van der Waals surface area contributed by atoms with Gasteiger partial charge in [0.15, 0.2) is 0 Å². The van der Waals surface area contributed by atoms with Gasteiger partial charge >= 0.3 is 11.7 Å². The van der Waals surface area contributed by atoms with Crippen molar-refractivity contribution in [3.05, 3.63) is 22.2 Å². The smallest absolute Gasteiger partial charge is 0.323 e. The van der Waals surface area contributed by atoms with Gasteiger partial charge in [0.1, 0.15) is 6.54 Å². The van der Waals surface area contributed by atoms with Crippen LogP contribution in [0.5, 0.6) is 5.88 Å². The Morgan fingerprint density at radius 1 is 1.61 bits per heavy atom. The maximum Gasteiger partial charge on any atom is 0.323 e. The van der Waals surface area contributed by atoms with Crippen molar-refractivity contribution >= 4 is 17.5 Å². The van der Waals surface area contributed by atoms with Gasteiger partial charge in [0.2, 0.25) is 11.7 Å². The van der Waals surface area contributed by atoms with E-state index in [1.165, 1.54) is 24.1 Å². The summed E-state index contributed by atoms with van der Waals surface area (Å²) in [4.78, 5) is 26.2. The molecule has 0 aliphatic carbocycles. The average molecular weight is 255 g/mol. The molecule has 1 heterocycles. The minimum atomic E-state index is -1.09. The zero-order valence-corrected chi connectivity index (χ0v) is 9.99. The van der Waals surface area contributed by atoms with Crippen molar-refractivity contribution in [1.29, 1.82) is 0 Å². The molecule has 0 unspecified atom stereocenters. The Morgan fingerprint density at radius 3 is 2.72 bits per heavy atom. The fraction of sp³-hybridized carbons (Fsp3) is 0.400. The highest BCUT2D eigenvalue weighted by Gasteiger charge is 2.22. The minimum Gasteiger partial charge on any atom is -0.481 e. The number of methoxy groups -OCH3 is 1. The van der Waals surface area contributed by atoms with Crippen molar-refractivity contribution in [2.75, 3.05) is 25.1 Å². The molecule has 0 aliphatic heterocycles. The van der Waals surface area contributed by atoms with Crippen molar-refractivity contribution in [2.24, 2.45) is 0 Å². The Morgan fingerprint density at radius 2 is 2.28 bits per heavy atom. The van der Waals surface area contributed by atoms with E-state index in [1.54, 1.807) is 6.92 Å². The second-order valence-corrected chi connectivity index (χ2v) is 3.36. The van der Waals surface area contributed by atoms with Crippen LogP contribution in [0.4, 0.5) is 11.5 Å². The maximum absolute atomic E-state index is 10.9. The summed E-state index contributed by atoms with van der Waals surface area (Å²) >= 11 is 0. The van der Waals surface area contributed by atoms with Crippen molar-refractivity contribution in [1.82, 2.24) is 4.98 Å². The number of likely N-dealkylation sites (N-methyl/N-ethyl adjacent to an activating group) is 1. The molecule has 8 nitrogen and oxygen atoms in total. The van der Waals surface area contributed by atoms with E-state index in [9.17, 15) is 14.9 Å². The van der Waals surface area contributed by atoms with E-state index < -0.39 is 10.9 Å². The topological polar surface area (TPSA) is 106 Å². The van der Waals surface area contributed by atoms with E-state index in [1.807, 2.05) is 0 Å². The molecular formula is C10H13N3O5. The normalized spacial score (nSPS) is 9.89. The lowest BCUT2D eigenvalue weighted by Gasteiger charge is -2.19. The first kappa shape index (κ1) is 13.7. The highest BCUT2D eigenvalue weighted by atomic mass is 16.6. The quantitative estimate of drug-likeness (QED) is 0.594. The Hall–Kier alpha value is -2.38. The second-order valence-electron chi connectivity index (χ2n) is 3.36. The molecule has 1 aromatic rings. The number of nitrogens with zero attached hydrogens (tertiary/aromatic N) is 3. The monoisotopic (exact) mass is 255 g/mol. The van der Waals surface area contributed by atoms with E-state index in [0.717, 1.165) is 0 Å². The predicted octanol–water partition coefficient (Wildman–Crippen LogP) is 0.909. The number of pyridine rings is 1. The van der Waals surface area contributed by atoms with E-state index >= 15 is 0 Å². The lowest BCUT2D eigenvalue weighted by Crippen LogP contribution is -2.30. The molecule has 0 saturated heterocycles. The van der Waals surface area contributed by atoms with Crippen molar-refractivity contribution in [3.63, 3.8) is 0 Å².